The molecule has 1 spiro atoms. The predicted molar refractivity (Wildman–Crippen MR) is 97.9 cm³/mol. The Bertz CT molecular complexity index is 363. The molecule has 0 aromatic heterocycles. The third kappa shape index (κ3) is 5.14. The van der Waals surface area contributed by atoms with Crippen LogP contribution in [0.4, 0.5) is 0 Å². The van der Waals surface area contributed by atoms with Crippen LogP contribution in [0.3, 0.4) is 0 Å². The summed E-state index contributed by atoms with van der Waals surface area (Å²) in [6, 6.07) is 0. The van der Waals surface area contributed by atoms with Crippen LogP contribution in [0.5, 0.6) is 0 Å². The van der Waals surface area contributed by atoms with Gasteiger partial charge in [0.05, 0.1) is 31.0 Å². The first-order valence-corrected chi connectivity index (χ1v) is 10.5. The zero-order chi connectivity index (χ0) is 16.8. The lowest BCUT2D eigenvalue weighted by molar-refractivity contribution is -0.309. The highest BCUT2D eigenvalue weighted by Crippen LogP contribution is 2.38. The van der Waals surface area contributed by atoms with E-state index in [-0.39, 0.29) is 5.79 Å². The van der Waals surface area contributed by atoms with Gasteiger partial charge in [0, 0.05) is 28.7 Å². The van der Waals surface area contributed by atoms with E-state index in [2.05, 4.69) is 16.4 Å². The van der Waals surface area contributed by atoms with Crippen LogP contribution in [0.2, 0.25) is 0 Å². The first kappa shape index (κ1) is 19.0. The molecule has 3 fully saturated rings. The molecule has 3 aliphatic rings. The van der Waals surface area contributed by atoms with Crippen molar-refractivity contribution < 1.29 is 18.7 Å². The number of rotatable bonds is 6. The van der Waals surface area contributed by atoms with Gasteiger partial charge in [-0.1, -0.05) is 13.3 Å². The van der Waals surface area contributed by atoms with Crippen LogP contribution < -0.4 is 0 Å². The van der Waals surface area contributed by atoms with Crippen LogP contribution in [0.15, 0.2) is 0 Å². The molecular formula is C19H35O4P. The van der Waals surface area contributed by atoms with Crippen LogP contribution in [-0.4, -0.2) is 36.8 Å². The summed E-state index contributed by atoms with van der Waals surface area (Å²) in [6.07, 6.45) is 14.9. The van der Waals surface area contributed by atoms with Gasteiger partial charge in [0.25, 0.3) is 0 Å². The van der Waals surface area contributed by atoms with Gasteiger partial charge in [0.15, 0.2) is 5.79 Å². The molecule has 1 unspecified atom stereocenters. The molecular weight excluding hydrogens is 323 g/mol. The number of ether oxygens (including phenoxy) is 3. The van der Waals surface area contributed by atoms with Gasteiger partial charge in [0.1, 0.15) is 0 Å². The van der Waals surface area contributed by atoms with Gasteiger partial charge >= 0.3 is 0 Å². The van der Waals surface area contributed by atoms with Gasteiger partial charge in [-0.2, -0.15) is 0 Å². The average molecular weight is 358 g/mol. The predicted octanol–water partition coefficient (Wildman–Crippen LogP) is 4.76. The molecule has 2 saturated heterocycles. The summed E-state index contributed by atoms with van der Waals surface area (Å²) in [7, 11) is 2.41. The molecule has 2 aliphatic heterocycles. The first-order valence-electron chi connectivity index (χ1n) is 10.1. The van der Waals surface area contributed by atoms with Crippen molar-refractivity contribution in [3.05, 3.63) is 0 Å². The van der Waals surface area contributed by atoms with Crippen molar-refractivity contribution in [2.45, 2.75) is 114 Å². The second kappa shape index (κ2) is 9.28. The molecule has 2 heterocycles. The van der Waals surface area contributed by atoms with Gasteiger partial charge in [0.2, 0.25) is 0 Å². The normalized spacial score (nSPS) is 35.0. The second-order valence-corrected chi connectivity index (χ2v) is 8.07. The van der Waals surface area contributed by atoms with Crippen molar-refractivity contribution in [2.75, 3.05) is 6.61 Å². The summed E-state index contributed by atoms with van der Waals surface area (Å²) >= 11 is 0. The Morgan fingerprint density at radius 2 is 1.83 bits per heavy atom. The average Bonchev–Trinajstić information content (AvgIpc) is 2.61. The standard InChI is InChI=1S/C19H35O4P/c1-2-15(23-24)13-16-7-6-8-17(21-16)14-18-9-12-20-19(22-18)10-4-3-5-11-19/h15-18H,2-14,24H2,1H3/t15-,16-,17+,18-/m0/s1. The van der Waals surface area contributed by atoms with E-state index in [9.17, 15) is 0 Å². The minimum Gasteiger partial charge on any atom is -0.375 e. The van der Waals surface area contributed by atoms with Crippen LogP contribution >= 0.6 is 9.47 Å². The zero-order valence-electron chi connectivity index (χ0n) is 15.2. The molecule has 0 radical (unpaired) electrons. The molecule has 140 valence electrons. The molecule has 0 aromatic rings. The van der Waals surface area contributed by atoms with E-state index >= 15 is 0 Å². The van der Waals surface area contributed by atoms with E-state index in [0.29, 0.717) is 24.4 Å². The summed E-state index contributed by atoms with van der Waals surface area (Å²) in [4.78, 5) is 0. The van der Waals surface area contributed by atoms with Crippen molar-refractivity contribution in [3.63, 3.8) is 0 Å². The highest BCUT2D eigenvalue weighted by atomic mass is 31.0. The van der Waals surface area contributed by atoms with Crippen LogP contribution in [0, 0.1) is 0 Å². The van der Waals surface area contributed by atoms with E-state index < -0.39 is 0 Å². The van der Waals surface area contributed by atoms with Crippen molar-refractivity contribution in [1.29, 1.82) is 0 Å². The quantitative estimate of drug-likeness (QED) is 0.642. The fourth-order valence-corrected chi connectivity index (χ4v) is 4.83. The van der Waals surface area contributed by atoms with E-state index in [1.807, 2.05) is 0 Å². The Morgan fingerprint density at radius 3 is 2.58 bits per heavy atom. The molecule has 0 aromatic carbocycles. The van der Waals surface area contributed by atoms with Crippen molar-refractivity contribution >= 4 is 9.47 Å². The van der Waals surface area contributed by atoms with Gasteiger partial charge in [-0.15, -0.1) is 0 Å². The fourth-order valence-electron chi connectivity index (χ4n) is 4.52. The lowest BCUT2D eigenvalue weighted by Crippen LogP contribution is -2.47. The Labute approximate surface area is 149 Å². The smallest absolute Gasteiger partial charge is 0.168 e. The first-order chi connectivity index (χ1) is 11.7. The molecule has 1 saturated carbocycles. The van der Waals surface area contributed by atoms with Gasteiger partial charge < -0.3 is 18.7 Å². The third-order valence-electron chi connectivity index (χ3n) is 5.94. The van der Waals surface area contributed by atoms with Crippen molar-refractivity contribution in [3.8, 4) is 0 Å². The molecule has 3 rings (SSSR count). The monoisotopic (exact) mass is 358 g/mol. The fraction of sp³-hybridized carbons (Fsp3) is 1.00. The van der Waals surface area contributed by atoms with Crippen LogP contribution in [0.1, 0.15) is 84.0 Å². The van der Waals surface area contributed by atoms with Crippen LogP contribution in [0.25, 0.3) is 0 Å². The van der Waals surface area contributed by atoms with E-state index in [1.165, 1.54) is 38.5 Å². The van der Waals surface area contributed by atoms with Crippen molar-refractivity contribution in [2.24, 2.45) is 0 Å². The number of hydrogen-bond donors (Lipinski definition) is 0. The van der Waals surface area contributed by atoms with Gasteiger partial charge in [-0.3, -0.25) is 0 Å². The number of hydrogen-bond acceptors (Lipinski definition) is 4. The Hall–Kier alpha value is 0.270. The maximum absolute atomic E-state index is 6.45. The lowest BCUT2D eigenvalue weighted by atomic mass is 9.91. The summed E-state index contributed by atoms with van der Waals surface area (Å²) in [5.74, 6) is -0.268. The Morgan fingerprint density at radius 1 is 1.04 bits per heavy atom. The van der Waals surface area contributed by atoms with Gasteiger partial charge in [-0.05, 0) is 51.4 Å². The van der Waals surface area contributed by atoms with E-state index in [4.69, 9.17) is 18.7 Å². The second-order valence-electron chi connectivity index (χ2n) is 7.80. The summed E-state index contributed by atoms with van der Waals surface area (Å²) in [6.45, 7) is 3.02. The largest absolute Gasteiger partial charge is 0.375 e. The lowest BCUT2D eigenvalue weighted by Gasteiger charge is -2.44. The molecule has 0 bridgehead atoms. The molecule has 0 amide bonds. The Balaban J connectivity index is 1.48. The molecule has 5 atom stereocenters. The molecule has 4 nitrogen and oxygen atoms in total. The molecule has 24 heavy (non-hydrogen) atoms. The minimum absolute atomic E-state index is 0.268. The molecule has 1 aliphatic carbocycles. The molecule has 5 heteroatoms. The summed E-state index contributed by atoms with van der Waals surface area (Å²) < 4.78 is 24.3. The van der Waals surface area contributed by atoms with Gasteiger partial charge in [-0.25, -0.2) is 0 Å². The maximum Gasteiger partial charge on any atom is 0.168 e. The molecule has 0 N–H and O–H groups in total. The Kier molecular flexibility index (Phi) is 7.36. The zero-order valence-corrected chi connectivity index (χ0v) is 16.4. The van der Waals surface area contributed by atoms with E-state index in [1.54, 1.807) is 0 Å². The van der Waals surface area contributed by atoms with Crippen LogP contribution in [-0.2, 0) is 18.7 Å². The minimum atomic E-state index is -0.268. The SMILES string of the molecule is CC[C@@H](C[C@@H]1CCC[C@H](C[C@@H]2CCOC3(CCCCC3)O2)O1)OP. The topological polar surface area (TPSA) is 36.9 Å². The van der Waals surface area contributed by atoms with E-state index in [0.717, 1.165) is 45.1 Å². The maximum atomic E-state index is 6.45. The summed E-state index contributed by atoms with van der Waals surface area (Å²) in [5.41, 5.74) is 0. The third-order valence-corrected chi connectivity index (χ3v) is 6.32. The highest BCUT2D eigenvalue weighted by Gasteiger charge is 2.40. The van der Waals surface area contributed by atoms with Crippen molar-refractivity contribution in [1.82, 2.24) is 0 Å². The summed E-state index contributed by atoms with van der Waals surface area (Å²) in [5, 5.41) is 0. The highest BCUT2D eigenvalue weighted by molar-refractivity contribution is 7.09.